The van der Waals surface area contributed by atoms with Crippen LogP contribution in [0.25, 0.3) is 0 Å². The summed E-state index contributed by atoms with van der Waals surface area (Å²) in [6, 6.07) is 7.27. The molecule has 0 spiro atoms. The van der Waals surface area contributed by atoms with Crippen molar-refractivity contribution in [2.45, 2.75) is 63.2 Å². The van der Waals surface area contributed by atoms with Gasteiger partial charge in [-0.25, -0.2) is 8.78 Å². The molecule has 0 radical (unpaired) electrons. The topological polar surface area (TPSA) is 87.1 Å². The first-order valence-electron chi connectivity index (χ1n) is 13.2. The minimum atomic E-state index is -2.23. The predicted octanol–water partition coefficient (Wildman–Crippen LogP) is 3.93. The van der Waals surface area contributed by atoms with Gasteiger partial charge in [-0.1, -0.05) is 36.7 Å². The maximum absolute atomic E-state index is 17.4. The molecule has 6 rings (SSSR count). The molecule has 0 amide bonds. The molecule has 204 valence electrons. The van der Waals surface area contributed by atoms with Crippen molar-refractivity contribution in [1.29, 1.82) is 0 Å². The van der Waals surface area contributed by atoms with Gasteiger partial charge in [0.25, 0.3) is 0 Å². The molecule has 38 heavy (non-hydrogen) atoms. The molecule has 9 heteroatoms. The van der Waals surface area contributed by atoms with Crippen LogP contribution in [0.3, 0.4) is 0 Å². The second-order valence-corrected chi connectivity index (χ2v) is 12.6. The summed E-state index contributed by atoms with van der Waals surface area (Å²) in [5.41, 5.74) is -5.24. The summed E-state index contributed by atoms with van der Waals surface area (Å²) in [5.74, 6) is -2.66. The maximum Gasteiger partial charge on any atom is 0.192 e. The van der Waals surface area contributed by atoms with E-state index in [9.17, 15) is 19.8 Å². The fourth-order valence-corrected chi connectivity index (χ4v) is 8.95. The Balaban J connectivity index is 1.39. The van der Waals surface area contributed by atoms with Gasteiger partial charge in [0, 0.05) is 40.8 Å². The average Bonchev–Trinajstić information content (AvgIpc) is 3.35. The number of benzene rings is 1. The van der Waals surface area contributed by atoms with Crippen LogP contribution >= 0.6 is 11.6 Å². The number of hydrogen-bond donors (Lipinski definition) is 2. The number of alkyl halides is 2. The van der Waals surface area contributed by atoms with Gasteiger partial charge in [0.1, 0.15) is 12.8 Å². The number of hydrogen-bond acceptors (Lipinski definition) is 6. The third kappa shape index (κ3) is 3.18. The lowest BCUT2D eigenvalue weighted by molar-refractivity contribution is -0.269. The van der Waals surface area contributed by atoms with E-state index in [1.165, 1.54) is 18.2 Å². The van der Waals surface area contributed by atoms with Crippen LogP contribution in [0.5, 0.6) is 0 Å². The highest BCUT2D eigenvalue weighted by Crippen LogP contribution is 2.72. The molecule has 1 unspecified atom stereocenters. The maximum atomic E-state index is 17.4. The Morgan fingerprint density at radius 2 is 1.92 bits per heavy atom. The van der Waals surface area contributed by atoms with E-state index in [4.69, 9.17) is 16.4 Å². The number of hydroxylamine groups is 2. The van der Waals surface area contributed by atoms with Crippen molar-refractivity contribution in [3.63, 3.8) is 0 Å². The number of rotatable bonds is 4. The number of aliphatic hydroxyl groups excluding tert-OH is 2. The highest BCUT2D eigenvalue weighted by molar-refractivity contribution is 6.30. The molecule has 1 aromatic carbocycles. The van der Waals surface area contributed by atoms with E-state index in [0.717, 1.165) is 5.56 Å². The monoisotopic (exact) mass is 547 g/mol. The Labute approximate surface area is 225 Å². The molecule has 0 aromatic heterocycles. The Morgan fingerprint density at radius 1 is 1.21 bits per heavy atom. The van der Waals surface area contributed by atoms with Crippen molar-refractivity contribution in [2.24, 2.45) is 28.6 Å². The minimum absolute atomic E-state index is 0.0659. The predicted molar refractivity (Wildman–Crippen MR) is 135 cm³/mol. The molecule has 2 N–H and O–H groups in total. The summed E-state index contributed by atoms with van der Waals surface area (Å²) in [7, 11) is 0. The molecule has 6 nitrogen and oxygen atoms in total. The Kier molecular flexibility index (Phi) is 5.88. The van der Waals surface area contributed by atoms with Gasteiger partial charge >= 0.3 is 0 Å². The zero-order chi connectivity index (χ0) is 27.3. The number of nitrogens with zero attached hydrogens (tertiary/aromatic N) is 1. The van der Waals surface area contributed by atoms with Crippen LogP contribution < -0.4 is 0 Å². The summed E-state index contributed by atoms with van der Waals surface area (Å²) < 4.78 is 33.1. The van der Waals surface area contributed by atoms with Crippen LogP contribution in [0.1, 0.15) is 38.7 Å². The summed E-state index contributed by atoms with van der Waals surface area (Å²) in [5, 5.41) is 23.9. The third-order valence-corrected chi connectivity index (χ3v) is 10.8. The lowest BCUT2D eigenvalue weighted by atomic mass is 9.44. The number of aliphatic hydroxyl groups is 2. The van der Waals surface area contributed by atoms with Crippen molar-refractivity contribution in [2.75, 3.05) is 13.2 Å². The number of allylic oxidation sites excluding steroid dienone is 4. The van der Waals surface area contributed by atoms with Gasteiger partial charge in [0.05, 0.1) is 6.10 Å². The fraction of sp³-hybridized carbons (Fsp3) is 0.586. The van der Waals surface area contributed by atoms with Gasteiger partial charge in [0.15, 0.2) is 22.8 Å². The Hall–Kier alpha value is -1.97. The number of Topliss-reactive ketones (excluding diaryl/α,β-unsaturated/α-hetero) is 1. The molecule has 5 aliphatic rings. The molecular weight excluding hydrogens is 516 g/mol. The quantitative estimate of drug-likeness (QED) is 0.594. The van der Waals surface area contributed by atoms with Crippen molar-refractivity contribution >= 4 is 23.2 Å². The smallest absolute Gasteiger partial charge is 0.192 e. The van der Waals surface area contributed by atoms with Gasteiger partial charge < -0.3 is 10.2 Å². The van der Waals surface area contributed by atoms with E-state index in [1.54, 1.807) is 24.1 Å². The molecule has 1 aromatic rings. The number of halogens is 3. The first-order valence-corrected chi connectivity index (χ1v) is 13.6. The van der Waals surface area contributed by atoms with E-state index in [0.29, 0.717) is 24.5 Å². The molecule has 4 aliphatic carbocycles. The molecule has 0 bridgehead atoms. The van der Waals surface area contributed by atoms with Gasteiger partial charge in [0.2, 0.25) is 0 Å². The highest BCUT2D eigenvalue weighted by atomic mass is 35.5. The fourth-order valence-electron chi connectivity index (χ4n) is 8.83. The van der Waals surface area contributed by atoms with Gasteiger partial charge in [-0.3, -0.25) is 14.4 Å². The van der Waals surface area contributed by atoms with Crippen LogP contribution in [0.15, 0.2) is 48.1 Å². The van der Waals surface area contributed by atoms with Crippen LogP contribution in [0.4, 0.5) is 8.78 Å². The van der Waals surface area contributed by atoms with E-state index in [2.05, 4.69) is 0 Å². The second kappa shape index (κ2) is 8.51. The standard InChI is InChI=1S/C29H32ClF2NO5/c1-26-8-7-19(35)10-22(26)23(31)11-21-20-9-17-14-33(13-16-3-5-18(30)6-4-16)38-29(17,25(37)15-34)27(20,2)12-24(36)28(21,26)32/h3-8,10,17,20-21,23-24,34,36H,9,11-15H2,1-2H3/t17?,20-,21-,23-,24-,26-,27-,28-,29-/m0/s1. The third-order valence-electron chi connectivity index (χ3n) is 10.5. The molecule has 1 saturated heterocycles. The average molecular weight is 548 g/mol. The molecule has 1 heterocycles. The van der Waals surface area contributed by atoms with Gasteiger partial charge in [-0.05, 0) is 67.5 Å². The first-order chi connectivity index (χ1) is 17.9. The number of carbonyl (C=O) groups is 2. The zero-order valence-electron chi connectivity index (χ0n) is 21.4. The molecule has 1 aliphatic heterocycles. The summed E-state index contributed by atoms with van der Waals surface area (Å²) in [6.45, 7) is 3.38. The van der Waals surface area contributed by atoms with Crippen molar-refractivity contribution in [3.8, 4) is 0 Å². The molecule has 4 fully saturated rings. The van der Waals surface area contributed by atoms with Crippen LogP contribution in [-0.4, -0.2) is 63.5 Å². The minimum Gasteiger partial charge on any atom is -0.390 e. The SMILES string of the molecule is C[C@]12C=CC(=O)C=C1[C@@H](F)C[C@H]1[C@@H]3CC4CN(Cc5ccc(Cl)cc5)O[C@@]4(C(=O)CO)[C@@]3(C)C[C@H](O)[C@@]12F. The number of ketones is 2. The van der Waals surface area contributed by atoms with E-state index in [-0.39, 0.29) is 24.3 Å². The van der Waals surface area contributed by atoms with Crippen molar-refractivity contribution < 1.29 is 33.4 Å². The van der Waals surface area contributed by atoms with Gasteiger partial charge in [-0.15, -0.1) is 0 Å². The molecular formula is C29H32ClF2NO5. The second-order valence-electron chi connectivity index (χ2n) is 12.1. The summed E-state index contributed by atoms with van der Waals surface area (Å²) in [4.78, 5) is 32.0. The lowest BCUT2D eigenvalue weighted by Crippen LogP contribution is -2.70. The number of carbonyl (C=O) groups excluding carboxylic acids is 2. The van der Waals surface area contributed by atoms with E-state index >= 15 is 8.78 Å². The zero-order valence-corrected chi connectivity index (χ0v) is 22.1. The molecule has 3 saturated carbocycles. The first kappa shape index (κ1) is 26.3. The van der Waals surface area contributed by atoms with Crippen molar-refractivity contribution in [1.82, 2.24) is 5.06 Å². The van der Waals surface area contributed by atoms with Crippen LogP contribution in [0.2, 0.25) is 5.02 Å². The van der Waals surface area contributed by atoms with Gasteiger partial charge in [-0.2, -0.15) is 5.06 Å². The normalized spacial score (nSPS) is 45.7. The summed E-state index contributed by atoms with van der Waals surface area (Å²) in [6.07, 6.45) is 0.841. The molecule has 9 atom stereocenters. The van der Waals surface area contributed by atoms with Crippen molar-refractivity contribution in [3.05, 3.63) is 58.7 Å². The largest absolute Gasteiger partial charge is 0.390 e. The van der Waals surface area contributed by atoms with E-state index in [1.807, 2.05) is 19.1 Å². The van der Waals surface area contributed by atoms with Crippen LogP contribution in [-0.2, 0) is 21.0 Å². The van der Waals surface area contributed by atoms with E-state index < -0.39 is 64.4 Å². The number of fused-ring (bicyclic) bond motifs is 7. The Morgan fingerprint density at radius 3 is 2.61 bits per heavy atom. The Bertz CT molecular complexity index is 1250. The highest BCUT2D eigenvalue weighted by Gasteiger charge is 2.79. The van der Waals surface area contributed by atoms with Crippen LogP contribution in [0, 0.1) is 28.6 Å². The lowest BCUT2D eigenvalue weighted by Gasteiger charge is -2.63. The summed E-state index contributed by atoms with van der Waals surface area (Å²) >= 11 is 6.01.